The van der Waals surface area contributed by atoms with Crippen LogP contribution in [0.3, 0.4) is 0 Å². The van der Waals surface area contributed by atoms with Crippen LogP contribution in [-0.4, -0.2) is 30.2 Å². The Morgan fingerprint density at radius 1 is 1.47 bits per heavy atom. The van der Waals surface area contributed by atoms with Gasteiger partial charge in [-0.1, -0.05) is 13.8 Å². The molecular weight excluding hydrogens is 214 g/mol. The number of hydrogen-bond acceptors (Lipinski definition) is 3. The number of fused-ring (bicyclic) bond motifs is 1. The first-order valence-electron chi connectivity index (χ1n) is 6.37. The summed E-state index contributed by atoms with van der Waals surface area (Å²) in [6, 6.07) is 0. The monoisotopic (exact) mass is 237 g/mol. The van der Waals surface area contributed by atoms with E-state index in [0.29, 0.717) is 5.41 Å². The second kappa shape index (κ2) is 5.19. The standard InChI is InChI=1S/C13H23N3O/c1-13(2)5-4-10-11(8-13)16-12(15-10)9-14-6-7-17-3/h14H,4-9H2,1-3H3,(H,15,16). The molecule has 4 heteroatoms. The fourth-order valence-electron chi connectivity index (χ4n) is 2.35. The van der Waals surface area contributed by atoms with Crippen molar-refractivity contribution < 1.29 is 4.74 Å². The van der Waals surface area contributed by atoms with Gasteiger partial charge in [-0.2, -0.15) is 0 Å². The third-order valence-corrected chi connectivity index (χ3v) is 3.38. The summed E-state index contributed by atoms with van der Waals surface area (Å²) >= 11 is 0. The molecule has 2 N–H and O–H groups in total. The number of aromatic nitrogens is 2. The van der Waals surface area contributed by atoms with Gasteiger partial charge in [0.15, 0.2) is 0 Å². The van der Waals surface area contributed by atoms with Crippen LogP contribution in [0.25, 0.3) is 0 Å². The molecule has 1 heterocycles. The summed E-state index contributed by atoms with van der Waals surface area (Å²) in [6.45, 7) is 7.07. The molecule has 0 amide bonds. The van der Waals surface area contributed by atoms with Gasteiger partial charge in [0.2, 0.25) is 0 Å². The molecule has 1 aliphatic rings. The van der Waals surface area contributed by atoms with E-state index in [4.69, 9.17) is 4.74 Å². The molecule has 17 heavy (non-hydrogen) atoms. The molecule has 4 nitrogen and oxygen atoms in total. The average molecular weight is 237 g/mol. The molecule has 0 aliphatic heterocycles. The SMILES string of the molecule is COCCNCc1nc2c([nH]1)CC(C)(C)CC2. The van der Waals surface area contributed by atoms with Crippen LogP contribution in [0.4, 0.5) is 0 Å². The molecule has 0 aromatic carbocycles. The second-order valence-corrected chi connectivity index (χ2v) is 5.62. The number of rotatable bonds is 5. The second-order valence-electron chi connectivity index (χ2n) is 5.62. The molecular formula is C13H23N3O. The predicted octanol–water partition coefficient (Wildman–Crippen LogP) is 1.66. The van der Waals surface area contributed by atoms with Gasteiger partial charge >= 0.3 is 0 Å². The zero-order valence-corrected chi connectivity index (χ0v) is 11.1. The van der Waals surface area contributed by atoms with Gasteiger partial charge < -0.3 is 15.0 Å². The molecule has 0 spiro atoms. The summed E-state index contributed by atoms with van der Waals surface area (Å²) in [5.41, 5.74) is 3.03. The summed E-state index contributed by atoms with van der Waals surface area (Å²) in [6.07, 6.45) is 3.46. The Morgan fingerprint density at radius 2 is 2.29 bits per heavy atom. The van der Waals surface area contributed by atoms with Gasteiger partial charge in [-0.05, 0) is 24.7 Å². The van der Waals surface area contributed by atoms with Crippen molar-refractivity contribution in [2.24, 2.45) is 5.41 Å². The maximum atomic E-state index is 5.00. The van der Waals surface area contributed by atoms with Crippen molar-refractivity contribution in [3.8, 4) is 0 Å². The molecule has 0 fully saturated rings. The summed E-state index contributed by atoms with van der Waals surface area (Å²) in [5.74, 6) is 1.06. The molecule has 0 unspecified atom stereocenters. The fourth-order valence-corrected chi connectivity index (χ4v) is 2.35. The summed E-state index contributed by atoms with van der Waals surface area (Å²) in [7, 11) is 1.72. The molecule has 1 aliphatic carbocycles. The van der Waals surface area contributed by atoms with Gasteiger partial charge in [-0.25, -0.2) is 4.98 Å². The van der Waals surface area contributed by atoms with E-state index >= 15 is 0 Å². The first kappa shape index (κ1) is 12.6. The van der Waals surface area contributed by atoms with E-state index in [-0.39, 0.29) is 0 Å². The van der Waals surface area contributed by atoms with Crippen LogP contribution in [-0.2, 0) is 24.1 Å². The number of imidazole rings is 1. The van der Waals surface area contributed by atoms with Gasteiger partial charge in [0.05, 0.1) is 18.8 Å². The lowest BCUT2D eigenvalue weighted by Crippen LogP contribution is -2.22. The van der Waals surface area contributed by atoms with Crippen molar-refractivity contribution in [3.63, 3.8) is 0 Å². The molecule has 2 rings (SSSR count). The van der Waals surface area contributed by atoms with Gasteiger partial charge in [0.1, 0.15) is 5.82 Å². The molecule has 96 valence electrons. The third-order valence-electron chi connectivity index (χ3n) is 3.38. The predicted molar refractivity (Wildman–Crippen MR) is 68.0 cm³/mol. The Morgan fingerprint density at radius 3 is 3.06 bits per heavy atom. The van der Waals surface area contributed by atoms with Crippen molar-refractivity contribution >= 4 is 0 Å². The average Bonchev–Trinajstić information content (AvgIpc) is 2.65. The van der Waals surface area contributed by atoms with E-state index in [1.54, 1.807) is 7.11 Å². The van der Waals surface area contributed by atoms with E-state index in [1.807, 2.05) is 0 Å². The fraction of sp³-hybridized carbons (Fsp3) is 0.769. The lowest BCUT2D eigenvalue weighted by molar-refractivity contribution is 0.199. The zero-order valence-electron chi connectivity index (χ0n) is 11.1. The number of aryl methyl sites for hydroxylation is 1. The molecule has 0 saturated carbocycles. The van der Waals surface area contributed by atoms with Gasteiger partial charge in [-0.3, -0.25) is 0 Å². The van der Waals surface area contributed by atoms with Gasteiger partial charge in [0.25, 0.3) is 0 Å². The maximum Gasteiger partial charge on any atom is 0.120 e. The molecule has 1 aromatic heterocycles. The van der Waals surface area contributed by atoms with Crippen LogP contribution in [0.15, 0.2) is 0 Å². The normalized spacial score (nSPS) is 18.1. The quantitative estimate of drug-likeness (QED) is 0.766. The van der Waals surface area contributed by atoms with E-state index in [2.05, 4.69) is 29.1 Å². The summed E-state index contributed by atoms with van der Waals surface area (Å²) in [5, 5.41) is 3.31. The van der Waals surface area contributed by atoms with E-state index in [1.165, 1.54) is 17.8 Å². The molecule has 0 atom stereocenters. The Labute approximate surface area is 103 Å². The lowest BCUT2D eigenvalue weighted by atomic mass is 9.78. The Balaban J connectivity index is 1.91. The third kappa shape index (κ3) is 3.30. The van der Waals surface area contributed by atoms with Crippen LogP contribution in [0.5, 0.6) is 0 Å². The van der Waals surface area contributed by atoms with Crippen LogP contribution in [0, 0.1) is 5.41 Å². The van der Waals surface area contributed by atoms with E-state index < -0.39 is 0 Å². The Bertz CT molecular complexity index is 371. The smallest absolute Gasteiger partial charge is 0.120 e. The first-order chi connectivity index (χ1) is 8.11. The van der Waals surface area contributed by atoms with Crippen LogP contribution in [0.1, 0.15) is 37.5 Å². The highest BCUT2D eigenvalue weighted by molar-refractivity contribution is 5.20. The number of aromatic amines is 1. The topological polar surface area (TPSA) is 49.9 Å². The highest BCUT2D eigenvalue weighted by atomic mass is 16.5. The molecule has 0 saturated heterocycles. The van der Waals surface area contributed by atoms with Crippen LogP contribution in [0.2, 0.25) is 0 Å². The number of H-pyrrole nitrogens is 1. The summed E-state index contributed by atoms with van der Waals surface area (Å²) < 4.78 is 5.00. The van der Waals surface area contributed by atoms with Crippen molar-refractivity contribution in [2.45, 2.75) is 39.7 Å². The minimum atomic E-state index is 0.417. The zero-order chi connectivity index (χ0) is 12.3. The summed E-state index contributed by atoms with van der Waals surface area (Å²) in [4.78, 5) is 8.11. The van der Waals surface area contributed by atoms with Crippen LogP contribution >= 0.6 is 0 Å². The molecule has 0 radical (unpaired) electrons. The molecule has 1 aromatic rings. The molecule has 0 bridgehead atoms. The maximum absolute atomic E-state index is 5.00. The van der Waals surface area contributed by atoms with Crippen molar-refractivity contribution in [2.75, 3.05) is 20.3 Å². The Kier molecular flexibility index (Phi) is 3.84. The number of nitrogens with one attached hydrogen (secondary N) is 2. The highest BCUT2D eigenvalue weighted by Gasteiger charge is 2.27. The number of ether oxygens (including phenoxy) is 1. The van der Waals surface area contributed by atoms with Gasteiger partial charge in [0, 0.05) is 19.3 Å². The van der Waals surface area contributed by atoms with Crippen LogP contribution < -0.4 is 5.32 Å². The minimum absolute atomic E-state index is 0.417. The lowest BCUT2D eigenvalue weighted by Gasteiger charge is -2.28. The minimum Gasteiger partial charge on any atom is -0.383 e. The van der Waals surface area contributed by atoms with Crippen molar-refractivity contribution in [1.82, 2.24) is 15.3 Å². The largest absolute Gasteiger partial charge is 0.383 e. The van der Waals surface area contributed by atoms with E-state index in [9.17, 15) is 0 Å². The first-order valence-corrected chi connectivity index (χ1v) is 6.37. The Hall–Kier alpha value is -0.870. The van der Waals surface area contributed by atoms with Gasteiger partial charge in [-0.15, -0.1) is 0 Å². The number of nitrogens with zero attached hydrogens (tertiary/aromatic N) is 1. The highest BCUT2D eigenvalue weighted by Crippen LogP contribution is 2.33. The number of methoxy groups -OCH3 is 1. The van der Waals surface area contributed by atoms with E-state index in [0.717, 1.165) is 38.4 Å². The van der Waals surface area contributed by atoms with Crippen molar-refractivity contribution in [3.05, 3.63) is 17.2 Å². The van der Waals surface area contributed by atoms with Crippen molar-refractivity contribution in [1.29, 1.82) is 0 Å². The number of hydrogen-bond donors (Lipinski definition) is 2.